The lowest BCUT2D eigenvalue weighted by Crippen LogP contribution is -2.35. The van der Waals surface area contributed by atoms with E-state index in [0.29, 0.717) is 26.0 Å². The summed E-state index contributed by atoms with van der Waals surface area (Å²) >= 11 is 0. The van der Waals surface area contributed by atoms with Gasteiger partial charge >= 0.3 is 5.69 Å². The van der Waals surface area contributed by atoms with Crippen molar-refractivity contribution < 1.29 is 9.66 Å². The quantitative estimate of drug-likeness (QED) is 0.473. The molecule has 0 aliphatic heterocycles. The Morgan fingerprint density at radius 2 is 2.14 bits per heavy atom. The van der Waals surface area contributed by atoms with Crippen LogP contribution in [0.3, 0.4) is 0 Å². The van der Waals surface area contributed by atoms with Crippen LogP contribution in [0.2, 0.25) is 0 Å². The Morgan fingerprint density at radius 3 is 2.71 bits per heavy atom. The third kappa shape index (κ3) is 6.23. The highest BCUT2D eigenvalue weighted by Crippen LogP contribution is 2.28. The van der Waals surface area contributed by atoms with Crippen molar-refractivity contribution in [3.05, 3.63) is 33.9 Å². The molecule has 0 bridgehead atoms. The number of nitrogens with zero attached hydrogens (tertiary/aromatic N) is 2. The fourth-order valence-corrected chi connectivity index (χ4v) is 1.64. The van der Waals surface area contributed by atoms with Gasteiger partial charge in [-0.05, 0) is 38.8 Å². The number of benzene rings is 1. The van der Waals surface area contributed by atoms with E-state index in [1.165, 1.54) is 6.07 Å². The molecule has 0 unspecified atom stereocenters. The molecular weight excluding hydrogens is 270 g/mol. The average molecular weight is 291 g/mol. The van der Waals surface area contributed by atoms with Gasteiger partial charge in [0.2, 0.25) is 0 Å². The Balaban J connectivity index is 2.77. The number of unbranched alkanes of at least 4 members (excludes halogenated alkanes) is 1. The summed E-state index contributed by atoms with van der Waals surface area (Å²) in [5.41, 5.74) is 0.738. The maximum atomic E-state index is 11.1. The predicted molar refractivity (Wildman–Crippen MR) is 80.0 cm³/mol. The van der Waals surface area contributed by atoms with Crippen molar-refractivity contribution in [1.82, 2.24) is 5.32 Å². The molecule has 1 aromatic carbocycles. The number of hydrogen-bond acceptors (Lipinski definition) is 5. The smallest absolute Gasteiger partial charge is 0.311 e. The maximum Gasteiger partial charge on any atom is 0.311 e. The molecule has 0 atom stereocenters. The Bertz CT molecular complexity index is 530. The molecule has 114 valence electrons. The molecule has 0 heterocycles. The zero-order valence-electron chi connectivity index (χ0n) is 12.7. The minimum absolute atomic E-state index is 0.0415. The van der Waals surface area contributed by atoms with Gasteiger partial charge in [0.1, 0.15) is 0 Å². The Morgan fingerprint density at radius 1 is 1.43 bits per heavy atom. The van der Waals surface area contributed by atoms with E-state index in [1.54, 1.807) is 6.07 Å². The van der Waals surface area contributed by atoms with Crippen molar-refractivity contribution in [3.8, 4) is 11.8 Å². The van der Waals surface area contributed by atoms with Crippen LogP contribution in [-0.2, 0) is 6.54 Å². The number of nitriles is 1. The Labute approximate surface area is 124 Å². The lowest BCUT2D eigenvalue weighted by molar-refractivity contribution is -0.385. The van der Waals surface area contributed by atoms with E-state index in [9.17, 15) is 10.1 Å². The predicted octanol–water partition coefficient (Wildman–Crippen LogP) is 3.17. The van der Waals surface area contributed by atoms with Gasteiger partial charge in [-0.2, -0.15) is 5.26 Å². The molecule has 0 aliphatic rings. The zero-order valence-corrected chi connectivity index (χ0v) is 12.7. The lowest BCUT2D eigenvalue weighted by Gasteiger charge is -2.20. The third-order valence-electron chi connectivity index (χ3n) is 2.73. The second-order valence-electron chi connectivity index (χ2n) is 5.77. The first-order chi connectivity index (χ1) is 9.83. The van der Waals surface area contributed by atoms with Crippen LogP contribution in [-0.4, -0.2) is 17.1 Å². The van der Waals surface area contributed by atoms with Gasteiger partial charge in [0.05, 0.1) is 17.6 Å². The summed E-state index contributed by atoms with van der Waals surface area (Å²) in [4.78, 5) is 10.7. The first kappa shape index (κ1) is 16.9. The molecule has 1 N–H and O–H groups in total. The van der Waals surface area contributed by atoms with Gasteiger partial charge in [0.25, 0.3) is 0 Å². The molecule has 6 nitrogen and oxygen atoms in total. The van der Waals surface area contributed by atoms with Crippen molar-refractivity contribution >= 4 is 5.69 Å². The molecule has 0 spiro atoms. The van der Waals surface area contributed by atoms with Gasteiger partial charge in [-0.3, -0.25) is 10.1 Å². The molecular formula is C15H21N3O3. The third-order valence-corrected chi connectivity index (χ3v) is 2.73. The van der Waals surface area contributed by atoms with E-state index in [0.717, 1.165) is 5.56 Å². The number of nitrogens with one attached hydrogen (secondary N) is 1. The van der Waals surface area contributed by atoms with E-state index < -0.39 is 4.92 Å². The van der Waals surface area contributed by atoms with Crippen molar-refractivity contribution in [3.63, 3.8) is 0 Å². The second kappa shape index (κ2) is 7.60. The fourth-order valence-electron chi connectivity index (χ4n) is 1.64. The molecule has 0 saturated heterocycles. The van der Waals surface area contributed by atoms with Gasteiger partial charge in [-0.1, -0.05) is 6.07 Å². The van der Waals surface area contributed by atoms with Gasteiger partial charge < -0.3 is 10.1 Å². The zero-order chi connectivity index (χ0) is 15.9. The molecule has 1 aromatic rings. The van der Waals surface area contributed by atoms with E-state index in [2.05, 4.69) is 5.32 Å². The van der Waals surface area contributed by atoms with Crippen LogP contribution >= 0.6 is 0 Å². The summed E-state index contributed by atoms with van der Waals surface area (Å²) < 4.78 is 5.39. The van der Waals surface area contributed by atoms with E-state index in [4.69, 9.17) is 10.00 Å². The van der Waals surface area contributed by atoms with Gasteiger partial charge in [0.15, 0.2) is 5.75 Å². The topological polar surface area (TPSA) is 88.2 Å². The highest BCUT2D eigenvalue weighted by atomic mass is 16.6. The number of nitro groups is 1. The fraction of sp³-hybridized carbons (Fsp3) is 0.533. The summed E-state index contributed by atoms with van der Waals surface area (Å²) in [5.74, 6) is 0.248. The number of hydrogen-bond donors (Lipinski definition) is 1. The van der Waals surface area contributed by atoms with Crippen molar-refractivity contribution in [1.29, 1.82) is 5.26 Å². The van der Waals surface area contributed by atoms with Crippen LogP contribution in [0.5, 0.6) is 5.75 Å². The van der Waals surface area contributed by atoms with Crippen molar-refractivity contribution in [2.75, 3.05) is 6.61 Å². The number of ether oxygens (including phenoxy) is 1. The van der Waals surface area contributed by atoms with Gasteiger partial charge in [-0.25, -0.2) is 0 Å². The Hall–Kier alpha value is -2.13. The SMILES string of the molecule is CC(C)(C)NCc1ccc(OCCCC#N)c([N+](=O)[O-])c1. The minimum Gasteiger partial charge on any atom is -0.487 e. The summed E-state index contributed by atoms with van der Waals surface area (Å²) in [6, 6.07) is 6.96. The number of nitro benzene ring substituents is 1. The monoisotopic (exact) mass is 291 g/mol. The second-order valence-corrected chi connectivity index (χ2v) is 5.77. The largest absolute Gasteiger partial charge is 0.487 e. The van der Waals surface area contributed by atoms with Crippen molar-refractivity contribution in [2.45, 2.75) is 45.7 Å². The van der Waals surface area contributed by atoms with Crippen LogP contribution in [0.25, 0.3) is 0 Å². The lowest BCUT2D eigenvalue weighted by atomic mass is 10.1. The summed E-state index contributed by atoms with van der Waals surface area (Å²) in [6.45, 7) is 6.96. The van der Waals surface area contributed by atoms with Gasteiger partial charge in [-0.15, -0.1) is 0 Å². The summed E-state index contributed by atoms with van der Waals surface area (Å²) in [6.07, 6.45) is 0.933. The molecule has 0 amide bonds. The normalized spacial score (nSPS) is 11.0. The standard InChI is InChI=1S/C15H21N3O3/c1-15(2,3)17-11-12-6-7-14(13(10-12)18(19)20)21-9-5-4-8-16/h6-7,10,17H,4-5,9,11H2,1-3H3. The van der Waals surface area contributed by atoms with Crippen LogP contribution < -0.4 is 10.1 Å². The highest BCUT2D eigenvalue weighted by molar-refractivity contribution is 5.48. The van der Waals surface area contributed by atoms with E-state index in [-0.39, 0.29) is 17.0 Å². The molecule has 0 radical (unpaired) electrons. The molecule has 0 aliphatic carbocycles. The minimum atomic E-state index is -0.444. The summed E-state index contributed by atoms with van der Waals surface area (Å²) in [5, 5.41) is 22.8. The summed E-state index contributed by atoms with van der Waals surface area (Å²) in [7, 11) is 0. The molecule has 0 aromatic heterocycles. The molecule has 0 fully saturated rings. The van der Waals surface area contributed by atoms with Crippen LogP contribution in [0.1, 0.15) is 39.2 Å². The molecule has 1 rings (SSSR count). The van der Waals surface area contributed by atoms with E-state index in [1.807, 2.05) is 32.9 Å². The van der Waals surface area contributed by atoms with Crippen LogP contribution in [0, 0.1) is 21.4 Å². The Kier molecular flexibility index (Phi) is 6.12. The highest BCUT2D eigenvalue weighted by Gasteiger charge is 2.17. The number of rotatable bonds is 7. The van der Waals surface area contributed by atoms with Crippen LogP contribution in [0.4, 0.5) is 5.69 Å². The molecule has 0 saturated carbocycles. The first-order valence-electron chi connectivity index (χ1n) is 6.85. The van der Waals surface area contributed by atoms with Crippen molar-refractivity contribution in [2.24, 2.45) is 0 Å². The van der Waals surface area contributed by atoms with E-state index >= 15 is 0 Å². The average Bonchev–Trinajstić information content (AvgIpc) is 2.41. The maximum absolute atomic E-state index is 11.1. The molecule has 21 heavy (non-hydrogen) atoms. The first-order valence-corrected chi connectivity index (χ1v) is 6.85. The van der Waals surface area contributed by atoms with Gasteiger partial charge in [0, 0.05) is 24.6 Å². The van der Waals surface area contributed by atoms with Crippen LogP contribution in [0.15, 0.2) is 18.2 Å². The molecule has 6 heteroatoms.